The Morgan fingerprint density at radius 2 is 2.08 bits per heavy atom. The van der Waals surface area contributed by atoms with Crippen molar-refractivity contribution >= 4 is 11.8 Å². The van der Waals surface area contributed by atoms with Gasteiger partial charge in [0, 0.05) is 5.56 Å². The largest absolute Gasteiger partial charge is 0.493 e. The number of hydrogen-bond acceptors (Lipinski definition) is 6. The molecule has 0 aliphatic heterocycles. The van der Waals surface area contributed by atoms with E-state index < -0.39 is 17.4 Å². The van der Waals surface area contributed by atoms with E-state index in [4.69, 9.17) is 19.6 Å². The molecule has 1 aromatic heterocycles. The summed E-state index contributed by atoms with van der Waals surface area (Å²) in [5.41, 5.74) is 3.99. The van der Waals surface area contributed by atoms with Gasteiger partial charge in [-0.3, -0.25) is 9.59 Å². The van der Waals surface area contributed by atoms with Crippen LogP contribution in [0.1, 0.15) is 23.0 Å². The normalized spacial score (nSPS) is 12.9. The highest BCUT2D eigenvalue weighted by Crippen LogP contribution is 2.28. The molecule has 1 unspecified atom stereocenters. The standard InChI is InChI=1S/C17H20N2O6/c1-17(22,14-4-3-7-24-14)10-19-16(21)11-5-6-12(13(8-11)23-2)25-9-15(18)20/h3-8,22H,9-10H2,1-2H3,(H2,18,20)(H,19,21). The minimum atomic E-state index is -1.34. The molecule has 0 bridgehead atoms. The number of furan rings is 1. The summed E-state index contributed by atoms with van der Waals surface area (Å²) in [5.74, 6) is -0.108. The molecule has 25 heavy (non-hydrogen) atoms. The number of primary amides is 1. The van der Waals surface area contributed by atoms with E-state index in [0.29, 0.717) is 17.1 Å². The number of benzene rings is 1. The lowest BCUT2D eigenvalue weighted by Gasteiger charge is -2.21. The molecule has 1 aromatic carbocycles. The van der Waals surface area contributed by atoms with Crippen LogP contribution in [0.4, 0.5) is 0 Å². The summed E-state index contributed by atoms with van der Waals surface area (Å²) < 4.78 is 15.5. The topological polar surface area (TPSA) is 124 Å². The van der Waals surface area contributed by atoms with E-state index in [2.05, 4.69) is 5.32 Å². The SMILES string of the molecule is COc1cc(C(=O)NCC(C)(O)c2ccco2)ccc1OCC(N)=O. The molecule has 2 amide bonds. The minimum absolute atomic E-state index is 0.0401. The van der Waals surface area contributed by atoms with Crippen molar-refractivity contribution in [3.8, 4) is 11.5 Å². The van der Waals surface area contributed by atoms with Gasteiger partial charge in [-0.1, -0.05) is 0 Å². The summed E-state index contributed by atoms with van der Waals surface area (Å²) in [6, 6.07) is 7.76. The molecule has 0 radical (unpaired) electrons. The first-order valence-electron chi connectivity index (χ1n) is 7.47. The molecule has 134 valence electrons. The number of hydrogen-bond donors (Lipinski definition) is 3. The molecule has 1 atom stereocenters. The first-order valence-corrected chi connectivity index (χ1v) is 7.47. The highest BCUT2D eigenvalue weighted by atomic mass is 16.5. The molecule has 4 N–H and O–H groups in total. The van der Waals surface area contributed by atoms with Gasteiger partial charge in [0.05, 0.1) is 19.9 Å². The molecule has 1 heterocycles. The van der Waals surface area contributed by atoms with Crippen LogP contribution in [0, 0.1) is 0 Å². The summed E-state index contributed by atoms with van der Waals surface area (Å²) in [4.78, 5) is 23.1. The number of nitrogens with one attached hydrogen (secondary N) is 1. The fraction of sp³-hybridized carbons (Fsp3) is 0.294. The van der Waals surface area contributed by atoms with E-state index in [-0.39, 0.29) is 18.9 Å². The Balaban J connectivity index is 2.05. The van der Waals surface area contributed by atoms with Crippen LogP contribution >= 0.6 is 0 Å². The molecule has 0 saturated carbocycles. The van der Waals surface area contributed by atoms with Crippen LogP contribution in [-0.4, -0.2) is 37.2 Å². The molecule has 2 rings (SSSR count). The second-order valence-electron chi connectivity index (χ2n) is 5.55. The van der Waals surface area contributed by atoms with Crippen LogP contribution < -0.4 is 20.5 Å². The minimum Gasteiger partial charge on any atom is -0.493 e. The first kappa shape index (κ1) is 18.3. The molecule has 2 aromatic rings. The Morgan fingerprint density at radius 1 is 1.32 bits per heavy atom. The zero-order chi connectivity index (χ0) is 18.4. The Bertz CT molecular complexity index is 740. The maximum atomic E-state index is 12.3. The van der Waals surface area contributed by atoms with Crippen molar-refractivity contribution in [2.45, 2.75) is 12.5 Å². The molecule has 0 fully saturated rings. The monoisotopic (exact) mass is 348 g/mol. The van der Waals surface area contributed by atoms with Crippen LogP contribution in [0.15, 0.2) is 41.0 Å². The van der Waals surface area contributed by atoms with Gasteiger partial charge in [0.25, 0.3) is 11.8 Å². The molecule has 0 spiro atoms. The van der Waals surface area contributed by atoms with E-state index in [9.17, 15) is 14.7 Å². The van der Waals surface area contributed by atoms with Crippen LogP contribution in [-0.2, 0) is 10.4 Å². The smallest absolute Gasteiger partial charge is 0.255 e. The second kappa shape index (κ2) is 7.71. The number of ether oxygens (including phenoxy) is 2. The van der Waals surface area contributed by atoms with Gasteiger partial charge in [0.2, 0.25) is 0 Å². The maximum Gasteiger partial charge on any atom is 0.255 e. The summed E-state index contributed by atoms with van der Waals surface area (Å²) in [6.45, 7) is 1.20. The lowest BCUT2D eigenvalue weighted by molar-refractivity contribution is -0.119. The molecular formula is C17H20N2O6. The van der Waals surface area contributed by atoms with Crippen molar-refractivity contribution in [1.82, 2.24) is 5.32 Å². The maximum absolute atomic E-state index is 12.3. The Hall–Kier alpha value is -3.00. The van der Waals surface area contributed by atoms with E-state index in [1.807, 2.05) is 0 Å². The molecular weight excluding hydrogens is 328 g/mol. The molecule has 0 aliphatic carbocycles. The number of nitrogens with two attached hydrogens (primary N) is 1. The van der Waals surface area contributed by atoms with Gasteiger partial charge in [0.1, 0.15) is 11.4 Å². The first-order chi connectivity index (χ1) is 11.8. The highest BCUT2D eigenvalue weighted by molar-refractivity contribution is 5.95. The predicted molar refractivity (Wildman–Crippen MR) is 88.3 cm³/mol. The molecule has 8 heteroatoms. The van der Waals surface area contributed by atoms with Crippen molar-refractivity contribution in [3.63, 3.8) is 0 Å². The number of aliphatic hydroxyl groups is 1. The Morgan fingerprint density at radius 3 is 2.68 bits per heavy atom. The number of rotatable bonds is 8. The lowest BCUT2D eigenvalue weighted by Crippen LogP contribution is -2.38. The number of carbonyl (C=O) groups is 2. The average molecular weight is 348 g/mol. The fourth-order valence-corrected chi connectivity index (χ4v) is 2.10. The summed E-state index contributed by atoms with van der Waals surface area (Å²) in [5, 5.41) is 13.0. The predicted octanol–water partition coefficient (Wildman–Crippen LogP) is 0.790. The number of carbonyl (C=O) groups excluding carboxylic acids is 2. The zero-order valence-electron chi connectivity index (χ0n) is 13.9. The van der Waals surface area contributed by atoms with Crippen LogP contribution in [0.2, 0.25) is 0 Å². The van der Waals surface area contributed by atoms with Crippen molar-refractivity contribution < 1.29 is 28.6 Å². The van der Waals surface area contributed by atoms with Crippen LogP contribution in [0.25, 0.3) is 0 Å². The van der Waals surface area contributed by atoms with E-state index >= 15 is 0 Å². The summed E-state index contributed by atoms with van der Waals surface area (Å²) >= 11 is 0. The van der Waals surface area contributed by atoms with Crippen molar-refractivity contribution in [2.24, 2.45) is 5.73 Å². The van der Waals surface area contributed by atoms with Gasteiger partial charge >= 0.3 is 0 Å². The number of methoxy groups -OCH3 is 1. The molecule has 8 nitrogen and oxygen atoms in total. The van der Waals surface area contributed by atoms with Gasteiger partial charge in [0.15, 0.2) is 18.1 Å². The van der Waals surface area contributed by atoms with Gasteiger partial charge < -0.3 is 30.0 Å². The van der Waals surface area contributed by atoms with Crippen LogP contribution in [0.3, 0.4) is 0 Å². The quantitative estimate of drug-likeness (QED) is 0.648. The van der Waals surface area contributed by atoms with Crippen LogP contribution in [0.5, 0.6) is 11.5 Å². The van der Waals surface area contributed by atoms with Gasteiger partial charge in [-0.15, -0.1) is 0 Å². The second-order valence-corrected chi connectivity index (χ2v) is 5.55. The van der Waals surface area contributed by atoms with Crippen molar-refractivity contribution in [1.29, 1.82) is 0 Å². The van der Waals surface area contributed by atoms with Gasteiger partial charge in [-0.05, 0) is 37.3 Å². The summed E-state index contributed by atoms with van der Waals surface area (Å²) in [7, 11) is 1.41. The third kappa shape index (κ3) is 4.74. The fourth-order valence-electron chi connectivity index (χ4n) is 2.10. The van der Waals surface area contributed by atoms with Crippen molar-refractivity contribution in [3.05, 3.63) is 47.9 Å². The average Bonchev–Trinajstić information content (AvgIpc) is 3.13. The van der Waals surface area contributed by atoms with E-state index in [0.717, 1.165) is 0 Å². The molecule has 0 saturated heterocycles. The summed E-state index contributed by atoms with van der Waals surface area (Å²) in [6.07, 6.45) is 1.45. The lowest BCUT2D eigenvalue weighted by atomic mass is 10.0. The van der Waals surface area contributed by atoms with E-state index in [1.54, 1.807) is 12.1 Å². The van der Waals surface area contributed by atoms with Crippen molar-refractivity contribution in [2.75, 3.05) is 20.3 Å². The zero-order valence-corrected chi connectivity index (χ0v) is 13.9. The number of amides is 2. The molecule has 0 aliphatic rings. The Kier molecular flexibility index (Phi) is 5.66. The Labute approximate surface area is 144 Å². The van der Waals surface area contributed by atoms with E-state index in [1.165, 1.54) is 38.5 Å². The van der Waals surface area contributed by atoms with Gasteiger partial charge in [-0.25, -0.2) is 0 Å². The third-order valence-corrected chi connectivity index (χ3v) is 3.44. The third-order valence-electron chi connectivity index (χ3n) is 3.44. The highest BCUT2D eigenvalue weighted by Gasteiger charge is 2.27. The van der Waals surface area contributed by atoms with Gasteiger partial charge in [-0.2, -0.15) is 0 Å².